The van der Waals surface area contributed by atoms with Crippen molar-refractivity contribution >= 4 is 5.97 Å². The van der Waals surface area contributed by atoms with Crippen LogP contribution in [0, 0.1) is 12.7 Å². The lowest BCUT2D eigenvalue weighted by atomic mass is 10.1. The van der Waals surface area contributed by atoms with Crippen LogP contribution in [0.2, 0.25) is 0 Å². The van der Waals surface area contributed by atoms with E-state index in [0.717, 1.165) is 10.9 Å². The number of halogens is 1. The minimum absolute atomic E-state index is 0.159. The van der Waals surface area contributed by atoms with Crippen molar-refractivity contribution in [1.82, 2.24) is 15.0 Å². The van der Waals surface area contributed by atoms with Crippen LogP contribution in [0.4, 0.5) is 4.39 Å². The summed E-state index contributed by atoms with van der Waals surface area (Å²) in [7, 11) is 0. The average molecular weight is 221 g/mol. The molecule has 1 N–H and O–H groups in total. The molecule has 5 nitrogen and oxygen atoms in total. The Bertz CT molecular complexity index is 537. The van der Waals surface area contributed by atoms with E-state index in [0.29, 0.717) is 5.56 Å². The van der Waals surface area contributed by atoms with Crippen molar-refractivity contribution < 1.29 is 14.3 Å². The van der Waals surface area contributed by atoms with Crippen molar-refractivity contribution in [3.8, 4) is 5.69 Å². The standard InChI is InChI=1S/C10H8FN3O2/c1-6-4-7(11)5-8(10(15)16)9(6)14-12-2-3-13-14/h2-5H,1H3,(H,15,16). The van der Waals surface area contributed by atoms with Crippen molar-refractivity contribution in [2.24, 2.45) is 0 Å². The molecule has 0 aliphatic rings. The Kier molecular flexibility index (Phi) is 2.40. The molecule has 2 rings (SSSR count). The van der Waals surface area contributed by atoms with Crippen LogP contribution in [-0.2, 0) is 0 Å². The smallest absolute Gasteiger partial charge is 0.338 e. The molecule has 0 spiro atoms. The Hall–Kier alpha value is -2.24. The number of benzene rings is 1. The third-order valence-corrected chi connectivity index (χ3v) is 2.11. The fraction of sp³-hybridized carbons (Fsp3) is 0.100. The molecule has 0 aliphatic heterocycles. The molecule has 0 unspecified atom stereocenters. The van der Waals surface area contributed by atoms with Gasteiger partial charge in [0.25, 0.3) is 0 Å². The molecule has 1 heterocycles. The molecular weight excluding hydrogens is 213 g/mol. The minimum Gasteiger partial charge on any atom is -0.478 e. The second-order valence-corrected chi connectivity index (χ2v) is 3.24. The first-order valence-electron chi connectivity index (χ1n) is 4.49. The molecule has 16 heavy (non-hydrogen) atoms. The second-order valence-electron chi connectivity index (χ2n) is 3.24. The zero-order chi connectivity index (χ0) is 11.7. The van der Waals surface area contributed by atoms with Crippen LogP contribution in [0.15, 0.2) is 24.5 Å². The first-order valence-corrected chi connectivity index (χ1v) is 4.49. The summed E-state index contributed by atoms with van der Waals surface area (Å²) in [4.78, 5) is 12.2. The molecule has 0 aliphatic carbocycles. The first-order chi connectivity index (χ1) is 7.59. The van der Waals surface area contributed by atoms with Gasteiger partial charge < -0.3 is 5.11 Å². The Morgan fingerprint density at radius 2 is 2.00 bits per heavy atom. The van der Waals surface area contributed by atoms with E-state index in [1.54, 1.807) is 6.92 Å². The van der Waals surface area contributed by atoms with Gasteiger partial charge in [0.15, 0.2) is 0 Å². The van der Waals surface area contributed by atoms with Gasteiger partial charge >= 0.3 is 5.97 Å². The van der Waals surface area contributed by atoms with Gasteiger partial charge in [-0.25, -0.2) is 9.18 Å². The first kappa shape index (κ1) is 10.3. The van der Waals surface area contributed by atoms with Gasteiger partial charge in [0.05, 0.1) is 18.0 Å². The van der Waals surface area contributed by atoms with E-state index >= 15 is 0 Å². The van der Waals surface area contributed by atoms with Crippen LogP contribution in [0.25, 0.3) is 5.69 Å². The summed E-state index contributed by atoms with van der Waals surface area (Å²) in [6, 6.07) is 2.19. The molecule has 0 fully saturated rings. The second kappa shape index (κ2) is 3.73. The van der Waals surface area contributed by atoms with Crippen LogP contribution in [-0.4, -0.2) is 26.1 Å². The Morgan fingerprint density at radius 1 is 1.38 bits per heavy atom. The molecule has 1 aromatic heterocycles. The predicted octanol–water partition coefficient (Wildman–Crippen LogP) is 1.41. The summed E-state index contributed by atoms with van der Waals surface area (Å²) < 4.78 is 13.1. The third kappa shape index (κ3) is 1.65. The van der Waals surface area contributed by atoms with E-state index in [1.165, 1.54) is 18.5 Å². The van der Waals surface area contributed by atoms with Crippen LogP contribution < -0.4 is 0 Å². The molecule has 0 saturated carbocycles. The molecule has 6 heteroatoms. The molecule has 82 valence electrons. The van der Waals surface area contributed by atoms with E-state index in [-0.39, 0.29) is 11.3 Å². The number of carboxylic acids is 1. The van der Waals surface area contributed by atoms with Gasteiger partial charge in [-0.2, -0.15) is 15.0 Å². The van der Waals surface area contributed by atoms with Gasteiger partial charge in [0.1, 0.15) is 11.5 Å². The summed E-state index contributed by atoms with van der Waals surface area (Å²) >= 11 is 0. The molecule has 0 amide bonds. The normalized spacial score (nSPS) is 10.4. The highest BCUT2D eigenvalue weighted by atomic mass is 19.1. The van der Waals surface area contributed by atoms with Crippen LogP contribution in [0.3, 0.4) is 0 Å². The van der Waals surface area contributed by atoms with Gasteiger partial charge in [-0.05, 0) is 24.6 Å². The zero-order valence-electron chi connectivity index (χ0n) is 8.38. The van der Waals surface area contributed by atoms with E-state index in [4.69, 9.17) is 5.11 Å². The summed E-state index contributed by atoms with van der Waals surface area (Å²) in [6.07, 6.45) is 2.85. The van der Waals surface area contributed by atoms with Crippen LogP contribution in [0.5, 0.6) is 0 Å². The van der Waals surface area contributed by atoms with Crippen molar-refractivity contribution in [3.05, 3.63) is 41.5 Å². The predicted molar refractivity (Wildman–Crippen MR) is 53.0 cm³/mol. The molecule has 0 atom stereocenters. The number of rotatable bonds is 2. The Morgan fingerprint density at radius 3 is 2.56 bits per heavy atom. The number of hydrogen-bond acceptors (Lipinski definition) is 3. The lowest BCUT2D eigenvalue weighted by Gasteiger charge is -2.08. The maximum atomic E-state index is 13.1. The largest absolute Gasteiger partial charge is 0.478 e. The molecule has 0 saturated heterocycles. The molecule has 2 aromatic rings. The lowest BCUT2D eigenvalue weighted by Crippen LogP contribution is -2.10. The summed E-state index contributed by atoms with van der Waals surface area (Å²) in [5.41, 5.74) is 0.584. The van der Waals surface area contributed by atoms with Crippen LogP contribution in [0.1, 0.15) is 15.9 Å². The molecule has 0 bridgehead atoms. The van der Waals surface area contributed by atoms with Gasteiger partial charge in [-0.1, -0.05) is 0 Å². The molecule has 0 radical (unpaired) electrons. The molecular formula is C10H8FN3O2. The zero-order valence-corrected chi connectivity index (χ0v) is 8.38. The maximum absolute atomic E-state index is 13.1. The van der Waals surface area contributed by atoms with Crippen molar-refractivity contribution in [2.45, 2.75) is 6.92 Å². The number of carboxylic acid groups (broad SMARTS) is 1. The topological polar surface area (TPSA) is 68.0 Å². The third-order valence-electron chi connectivity index (χ3n) is 2.11. The van der Waals surface area contributed by atoms with E-state index in [9.17, 15) is 9.18 Å². The highest BCUT2D eigenvalue weighted by Gasteiger charge is 2.17. The van der Waals surface area contributed by atoms with Crippen LogP contribution >= 0.6 is 0 Å². The van der Waals surface area contributed by atoms with Crippen molar-refractivity contribution in [3.63, 3.8) is 0 Å². The molecule has 1 aromatic carbocycles. The van der Waals surface area contributed by atoms with E-state index in [2.05, 4.69) is 10.2 Å². The highest BCUT2D eigenvalue weighted by Crippen LogP contribution is 2.19. The van der Waals surface area contributed by atoms with Gasteiger partial charge in [-0.15, -0.1) is 0 Å². The summed E-state index contributed by atoms with van der Waals surface area (Å²) in [6.45, 7) is 1.61. The van der Waals surface area contributed by atoms with Gasteiger partial charge in [0, 0.05) is 0 Å². The maximum Gasteiger partial charge on any atom is 0.338 e. The quantitative estimate of drug-likeness (QED) is 0.832. The fourth-order valence-electron chi connectivity index (χ4n) is 1.50. The fourth-order valence-corrected chi connectivity index (χ4v) is 1.50. The number of aromatic carboxylic acids is 1. The lowest BCUT2D eigenvalue weighted by molar-refractivity contribution is 0.0696. The number of carbonyl (C=O) groups is 1. The number of nitrogens with zero attached hydrogens (tertiary/aromatic N) is 3. The highest BCUT2D eigenvalue weighted by molar-refractivity contribution is 5.92. The number of hydrogen-bond donors (Lipinski definition) is 1. The summed E-state index contributed by atoms with van der Waals surface area (Å²) in [5.74, 6) is -1.80. The van der Waals surface area contributed by atoms with Gasteiger partial charge in [-0.3, -0.25) is 0 Å². The SMILES string of the molecule is Cc1cc(F)cc(C(=O)O)c1-n1nccn1. The summed E-state index contributed by atoms with van der Waals surface area (Å²) in [5, 5.41) is 16.7. The Balaban J connectivity index is 2.72. The Labute approximate surface area is 90.1 Å². The van der Waals surface area contributed by atoms with Crippen molar-refractivity contribution in [2.75, 3.05) is 0 Å². The van der Waals surface area contributed by atoms with E-state index < -0.39 is 11.8 Å². The minimum atomic E-state index is -1.21. The number of aromatic nitrogens is 3. The monoisotopic (exact) mass is 221 g/mol. The van der Waals surface area contributed by atoms with E-state index in [1.807, 2.05) is 0 Å². The number of aryl methyl sites for hydroxylation is 1. The average Bonchev–Trinajstić information content (AvgIpc) is 2.69. The van der Waals surface area contributed by atoms with Crippen molar-refractivity contribution in [1.29, 1.82) is 0 Å². The van der Waals surface area contributed by atoms with Gasteiger partial charge in [0.2, 0.25) is 0 Å².